The lowest BCUT2D eigenvalue weighted by Gasteiger charge is -2.27. The maximum atomic E-state index is 11.1. The standard InChI is InChI=1S/C17H20N4O2/c1-2-5-17-18-10-14-12-20(9-8-15(14)19-17)11-13-6-3-4-7-16(13)21(22)23/h3-4,6-7,10H,2,5,8-9,11-12H2,1H3. The first-order chi connectivity index (χ1) is 11.2. The van der Waals surface area contributed by atoms with E-state index in [1.165, 1.54) is 0 Å². The van der Waals surface area contributed by atoms with Gasteiger partial charge in [-0.2, -0.15) is 0 Å². The van der Waals surface area contributed by atoms with Crippen LogP contribution in [-0.2, 0) is 25.9 Å². The molecule has 6 nitrogen and oxygen atoms in total. The molecule has 0 aliphatic carbocycles. The van der Waals surface area contributed by atoms with Crippen molar-refractivity contribution in [3.8, 4) is 0 Å². The Morgan fingerprint density at radius 1 is 1.35 bits per heavy atom. The Morgan fingerprint density at radius 3 is 2.96 bits per heavy atom. The van der Waals surface area contributed by atoms with Gasteiger partial charge in [0.15, 0.2) is 0 Å². The zero-order valence-electron chi connectivity index (χ0n) is 13.2. The molecule has 0 saturated heterocycles. The number of aromatic nitrogens is 2. The highest BCUT2D eigenvalue weighted by molar-refractivity contribution is 5.39. The molecule has 6 heteroatoms. The first kappa shape index (κ1) is 15.6. The summed E-state index contributed by atoms with van der Waals surface area (Å²) in [6, 6.07) is 6.94. The topological polar surface area (TPSA) is 72.2 Å². The van der Waals surface area contributed by atoms with Crippen molar-refractivity contribution in [2.45, 2.75) is 39.3 Å². The molecule has 0 atom stereocenters. The fourth-order valence-corrected chi connectivity index (χ4v) is 2.96. The van der Waals surface area contributed by atoms with E-state index in [0.717, 1.165) is 55.0 Å². The Morgan fingerprint density at radius 2 is 2.17 bits per heavy atom. The van der Waals surface area contributed by atoms with E-state index in [1.54, 1.807) is 12.1 Å². The van der Waals surface area contributed by atoms with Crippen molar-refractivity contribution in [1.82, 2.24) is 14.9 Å². The van der Waals surface area contributed by atoms with Crippen LogP contribution in [0.3, 0.4) is 0 Å². The van der Waals surface area contributed by atoms with Crippen molar-refractivity contribution in [2.24, 2.45) is 0 Å². The van der Waals surface area contributed by atoms with Gasteiger partial charge < -0.3 is 0 Å². The van der Waals surface area contributed by atoms with E-state index in [0.29, 0.717) is 6.54 Å². The molecule has 1 aromatic carbocycles. The highest BCUT2D eigenvalue weighted by Gasteiger charge is 2.21. The molecule has 2 heterocycles. The predicted molar refractivity (Wildman–Crippen MR) is 86.9 cm³/mol. The van der Waals surface area contributed by atoms with E-state index in [9.17, 15) is 10.1 Å². The molecule has 23 heavy (non-hydrogen) atoms. The Kier molecular flexibility index (Phi) is 4.62. The zero-order chi connectivity index (χ0) is 16.2. The molecule has 0 unspecified atom stereocenters. The fourth-order valence-electron chi connectivity index (χ4n) is 2.96. The lowest BCUT2D eigenvalue weighted by molar-refractivity contribution is -0.385. The van der Waals surface area contributed by atoms with Crippen LogP contribution in [0.25, 0.3) is 0 Å². The third kappa shape index (κ3) is 3.53. The number of nitrogens with zero attached hydrogens (tertiary/aromatic N) is 4. The second-order valence-electron chi connectivity index (χ2n) is 5.85. The molecular formula is C17H20N4O2. The molecule has 0 fully saturated rings. The van der Waals surface area contributed by atoms with E-state index in [4.69, 9.17) is 0 Å². The SMILES string of the molecule is CCCc1ncc2c(n1)CCN(Cc1ccccc1[N+](=O)[O-])C2. The molecular weight excluding hydrogens is 292 g/mol. The van der Waals surface area contributed by atoms with Gasteiger partial charge in [-0.1, -0.05) is 25.1 Å². The zero-order valence-corrected chi connectivity index (χ0v) is 13.2. The first-order valence-electron chi connectivity index (χ1n) is 7.95. The van der Waals surface area contributed by atoms with Crippen molar-refractivity contribution in [1.29, 1.82) is 0 Å². The molecule has 0 radical (unpaired) electrons. The number of aryl methyl sites for hydroxylation is 1. The van der Waals surface area contributed by atoms with Gasteiger partial charge in [0.1, 0.15) is 5.82 Å². The van der Waals surface area contributed by atoms with Crippen LogP contribution in [0, 0.1) is 10.1 Å². The number of hydrogen-bond acceptors (Lipinski definition) is 5. The van der Waals surface area contributed by atoms with Gasteiger partial charge in [-0.05, 0) is 6.42 Å². The molecule has 1 aliphatic heterocycles. The average molecular weight is 312 g/mol. The quantitative estimate of drug-likeness (QED) is 0.627. The second-order valence-corrected chi connectivity index (χ2v) is 5.85. The minimum absolute atomic E-state index is 0.188. The van der Waals surface area contributed by atoms with E-state index < -0.39 is 0 Å². The number of hydrogen-bond donors (Lipinski definition) is 0. The third-order valence-corrected chi connectivity index (χ3v) is 4.12. The Labute approximate surface area is 135 Å². The average Bonchev–Trinajstić information content (AvgIpc) is 2.55. The van der Waals surface area contributed by atoms with Crippen LogP contribution in [0.1, 0.15) is 36.0 Å². The highest BCUT2D eigenvalue weighted by Crippen LogP contribution is 2.23. The minimum Gasteiger partial charge on any atom is -0.294 e. The van der Waals surface area contributed by atoms with Crippen LogP contribution in [-0.4, -0.2) is 26.3 Å². The smallest absolute Gasteiger partial charge is 0.273 e. The lowest BCUT2D eigenvalue weighted by Crippen LogP contribution is -2.31. The summed E-state index contributed by atoms with van der Waals surface area (Å²) in [4.78, 5) is 22.1. The van der Waals surface area contributed by atoms with Crippen LogP contribution in [0.2, 0.25) is 0 Å². The van der Waals surface area contributed by atoms with Gasteiger partial charge >= 0.3 is 0 Å². The number of nitro benzene ring substituents is 1. The van der Waals surface area contributed by atoms with Crippen molar-refractivity contribution in [2.75, 3.05) is 6.54 Å². The van der Waals surface area contributed by atoms with Crippen molar-refractivity contribution >= 4 is 5.69 Å². The monoisotopic (exact) mass is 312 g/mol. The number of rotatable bonds is 5. The van der Waals surface area contributed by atoms with Gasteiger partial charge in [-0.15, -0.1) is 0 Å². The summed E-state index contributed by atoms with van der Waals surface area (Å²) in [5.74, 6) is 0.915. The normalized spacial score (nSPS) is 14.5. The lowest BCUT2D eigenvalue weighted by atomic mass is 10.1. The van der Waals surface area contributed by atoms with Crippen molar-refractivity contribution in [3.05, 3.63) is 63.2 Å². The molecule has 0 spiro atoms. The number of para-hydroxylation sites is 1. The van der Waals surface area contributed by atoms with E-state index in [-0.39, 0.29) is 10.6 Å². The molecule has 2 aromatic rings. The van der Waals surface area contributed by atoms with E-state index >= 15 is 0 Å². The van der Waals surface area contributed by atoms with E-state index in [2.05, 4.69) is 21.8 Å². The molecule has 3 rings (SSSR count). The van der Waals surface area contributed by atoms with Gasteiger partial charge in [0.2, 0.25) is 0 Å². The Bertz CT molecular complexity index is 717. The molecule has 0 bridgehead atoms. The summed E-state index contributed by atoms with van der Waals surface area (Å²) in [6.07, 6.45) is 4.74. The second kappa shape index (κ2) is 6.83. The number of nitro groups is 1. The van der Waals surface area contributed by atoms with E-state index in [1.807, 2.05) is 18.3 Å². The molecule has 1 aromatic heterocycles. The summed E-state index contributed by atoms with van der Waals surface area (Å²) in [6.45, 7) is 4.31. The number of fused-ring (bicyclic) bond motifs is 1. The molecule has 1 aliphatic rings. The minimum atomic E-state index is -0.312. The highest BCUT2D eigenvalue weighted by atomic mass is 16.6. The maximum absolute atomic E-state index is 11.1. The van der Waals surface area contributed by atoms with Crippen LogP contribution in [0.15, 0.2) is 30.5 Å². The van der Waals surface area contributed by atoms with Gasteiger partial charge in [-0.25, -0.2) is 9.97 Å². The third-order valence-electron chi connectivity index (χ3n) is 4.12. The summed E-state index contributed by atoms with van der Waals surface area (Å²) in [5, 5.41) is 11.1. The van der Waals surface area contributed by atoms with Gasteiger partial charge in [-0.3, -0.25) is 15.0 Å². The first-order valence-corrected chi connectivity index (χ1v) is 7.95. The van der Waals surface area contributed by atoms with Crippen LogP contribution in [0.5, 0.6) is 0 Å². The van der Waals surface area contributed by atoms with Crippen LogP contribution >= 0.6 is 0 Å². The molecule has 0 amide bonds. The maximum Gasteiger partial charge on any atom is 0.273 e. The van der Waals surface area contributed by atoms with Gasteiger partial charge in [0.05, 0.1) is 4.92 Å². The Balaban J connectivity index is 1.74. The fraction of sp³-hybridized carbons (Fsp3) is 0.412. The molecule has 120 valence electrons. The van der Waals surface area contributed by atoms with Crippen LogP contribution < -0.4 is 0 Å². The van der Waals surface area contributed by atoms with Gasteiger partial charge in [0, 0.05) is 61.6 Å². The van der Waals surface area contributed by atoms with Crippen molar-refractivity contribution in [3.63, 3.8) is 0 Å². The molecule has 0 N–H and O–H groups in total. The summed E-state index contributed by atoms with van der Waals surface area (Å²) in [5.41, 5.74) is 3.20. The molecule has 0 saturated carbocycles. The van der Waals surface area contributed by atoms with Crippen LogP contribution in [0.4, 0.5) is 5.69 Å². The van der Waals surface area contributed by atoms with Crippen molar-refractivity contribution < 1.29 is 4.92 Å². The Hall–Kier alpha value is -2.34. The number of benzene rings is 1. The summed E-state index contributed by atoms with van der Waals surface area (Å²) >= 11 is 0. The largest absolute Gasteiger partial charge is 0.294 e. The summed E-state index contributed by atoms with van der Waals surface area (Å²) < 4.78 is 0. The summed E-state index contributed by atoms with van der Waals surface area (Å²) in [7, 11) is 0. The predicted octanol–water partition coefficient (Wildman–Crippen LogP) is 2.90. The van der Waals surface area contributed by atoms with Gasteiger partial charge in [0.25, 0.3) is 5.69 Å².